The molecule has 0 radical (unpaired) electrons. The number of rotatable bonds is 4. The average molecular weight is 391 g/mol. The van der Waals surface area contributed by atoms with Gasteiger partial charge in [-0.25, -0.2) is 0 Å². The molecular weight excluding hydrogens is 368 g/mol. The molecule has 2 nitrogen and oxygen atoms in total. The minimum atomic E-state index is 0.183. The van der Waals surface area contributed by atoms with Gasteiger partial charge in [0.25, 0.3) is 0 Å². The van der Waals surface area contributed by atoms with E-state index in [0.29, 0.717) is 11.0 Å². The number of hydrogen-bond donors (Lipinski definition) is 2. The predicted molar refractivity (Wildman–Crippen MR) is 107 cm³/mol. The Morgan fingerprint density at radius 2 is 1.83 bits per heavy atom. The Bertz CT molecular complexity index is 698. The third-order valence-electron chi connectivity index (χ3n) is 3.80. The molecule has 0 unspecified atom stereocenters. The second kappa shape index (κ2) is 7.93. The van der Waals surface area contributed by atoms with E-state index in [0.717, 1.165) is 10.2 Å². The SMILES string of the molecule is Cc1ccc([C@@H](NC(=S)Nc2cccc(Br)c2)C(C)C)c(C)c1. The van der Waals surface area contributed by atoms with Crippen molar-refractivity contribution in [3.8, 4) is 0 Å². The zero-order valence-electron chi connectivity index (χ0n) is 14.0. The smallest absolute Gasteiger partial charge is 0.171 e. The zero-order chi connectivity index (χ0) is 17.0. The number of halogens is 1. The first kappa shape index (κ1) is 18.0. The normalized spacial score (nSPS) is 12.1. The molecule has 0 aliphatic heterocycles. The van der Waals surface area contributed by atoms with Crippen LogP contribution in [0.25, 0.3) is 0 Å². The van der Waals surface area contributed by atoms with Gasteiger partial charge in [-0.3, -0.25) is 0 Å². The lowest BCUT2D eigenvalue weighted by molar-refractivity contribution is 0.471. The molecule has 122 valence electrons. The molecule has 2 N–H and O–H groups in total. The minimum absolute atomic E-state index is 0.183. The maximum absolute atomic E-state index is 5.51. The van der Waals surface area contributed by atoms with Crippen LogP contribution in [-0.4, -0.2) is 5.11 Å². The van der Waals surface area contributed by atoms with Crippen molar-refractivity contribution in [2.75, 3.05) is 5.32 Å². The highest BCUT2D eigenvalue weighted by Crippen LogP contribution is 2.26. The third kappa shape index (κ3) is 5.05. The van der Waals surface area contributed by atoms with Crippen molar-refractivity contribution in [2.24, 2.45) is 5.92 Å². The average Bonchev–Trinajstić information content (AvgIpc) is 2.45. The van der Waals surface area contributed by atoms with E-state index in [1.54, 1.807) is 0 Å². The van der Waals surface area contributed by atoms with Gasteiger partial charge in [-0.05, 0) is 61.3 Å². The summed E-state index contributed by atoms with van der Waals surface area (Å²) in [7, 11) is 0. The largest absolute Gasteiger partial charge is 0.355 e. The molecule has 0 saturated heterocycles. The molecule has 0 bridgehead atoms. The number of benzene rings is 2. The van der Waals surface area contributed by atoms with Crippen LogP contribution >= 0.6 is 28.1 Å². The molecule has 2 aromatic carbocycles. The Hall–Kier alpha value is -1.39. The molecule has 0 heterocycles. The summed E-state index contributed by atoms with van der Waals surface area (Å²) in [5, 5.41) is 7.37. The first-order chi connectivity index (χ1) is 10.9. The molecule has 2 rings (SSSR count). The molecule has 0 fully saturated rings. The van der Waals surface area contributed by atoms with E-state index < -0.39 is 0 Å². The zero-order valence-corrected chi connectivity index (χ0v) is 16.4. The summed E-state index contributed by atoms with van der Waals surface area (Å²) < 4.78 is 1.03. The third-order valence-corrected chi connectivity index (χ3v) is 4.51. The highest BCUT2D eigenvalue weighted by Gasteiger charge is 2.18. The van der Waals surface area contributed by atoms with Gasteiger partial charge < -0.3 is 10.6 Å². The van der Waals surface area contributed by atoms with Crippen molar-refractivity contribution >= 4 is 38.9 Å². The van der Waals surface area contributed by atoms with Gasteiger partial charge in [-0.2, -0.15) is 0 Å². The van der Waals surface area contributed by atoms with Crippen molar-refractivity contribution in [1.29, 1.82) is 0 Å². The lowest BCUT2D eigenvalue weighted by atomic mass is 9.92. The molecular formula is C19H23BrN2S. The van der Waals surface area contributed by atoms with Gasteiger partial charge in [-0.15, -0.1) is 0 Å². The van der Waals surface area contributed by atoms with Crippen molar-refractivity contribution < 1.29 is 0 Å². The lowest BCUT2D eigenvalue weighted by Crippen LogP contribution is -2.35. The maximum atomic E-state index is 5.51. The summed E-state index contributed by atoms with van der Waals surface area (Å²) in [6.07, 6.45) is 0. The lowest BCUT2D eigenvalue weighted by Gasteiger charge is -2.26. The van der Waals surface area contributed by atoms with E-state index >= 15 is 0 Å². The van der Waals surface area contributed by atoms with E-state index in [4.69, 9.17) is 12.2 Å². The highest BCUT2D eigenvalue weighted by atomic mass is 79.9. The summed E-state index contributed by atoms with van der Waals surface area (Å²) >= 11 is 8.98. The van der Waals surface area contributed by atoms with Crippen LogP contribution in [-0.2, 0) is 0 Å². The van der Waals surface area contributed by atoms with Gasteiger partial charge in [0.05, 0.1) is 6.04 Å². The number of nitrogens with one attached hydrogen (secondary N) is 2. The molecule has 0 amide bonds. The number of thiocarbonyl (C=S) groups is 1. The van der Waals surface area contributed by atoms with Crippen LogP contribution in [0.3, 0.4) is 0 Å². The van der Waals surface area contributed by atoms with E-state index in [1.165, 1.54) is 16.7 Å². The summed E-state index contributed by atoms with van der Waals surface area (Å²) in [6.45, 7) is 8.69. The maximum Gasteiger partial charge on any atom is 0.171 e. The Kier molecular flexibility index (Phi) is 6.19. The number of hydrogen-bond acceptors (Lipinski definition) is 1. The second-order valence-electron chi connectivity index (χ2n) is 6.19. The summed E-state index contributed by atoms with van der Waals surface area (Å²) in [5.41, 5.74) is 4.84. The van der Waals surface area contributed by atoms with E-state index in [9.17, 15) is 0 Å². The first-order valence-corrected chi connectivity index (χ1v) is 8.97. The quantitative estimate of drug-likeness (QED) is 0.649. The first-order valence-electron chi connectivity index (χ1n) is 7.77. The van der Waals surface area contributed by atoms with Gasteiger partial charge >= 0.3 is 0 Å². The van der Waals surface area contributed by atoms with E-state index in [-0.39, 0.29) is 6.04 Å². The number of aryl methyl sites for hydroxylation is 2. The van der Waals surface area contributed by atoms with Gasteiger partial charge in [0, 0.05) is 10.2 Å². The van der Waals surface area contributed by atoms with Crippen molar-refractivity contribution in [3.63, 3.8) is 0 Å². The van der Waals surface area contributed by atoms with Crippen LogP contribution in [0.2, 0.25) is 0 Å². The highest BCUT2D eigenvalue weighted by molar-refractivity contribution is 9.10. The molecule has 0 spiro atoms. The molecule has 0 saturated carbocycles. The molecule has 0 aliphatic carbocycles. The summed E-state index contributed by atoms with van der Waals surface area (Å²) in [5.74, 6) is 0.429. The van der Waals surface area contributed by atoms with Gasteiger partial charge in [0.1, 0.15) is 0 Å². The Morgan fingerprint density at radius 3 is 2.43 bits per heavy atom. The topological polar surface area (TPSA) is 24.1 Å². The summed E-state index contributed by atoms with van der Waals surface area (Å²) in [6, 6.07) is 14.7. The fraction of sp³-hybridized carbons (Fsp3) is 0.316. The van der Waals surface area contributed by atoms with E-state index in [2.05, 4.69) is 72.5 Å². The van der Waals surface area contributed by atoms with Crippen molar-refractivity contribution in [2.45, 2.75) is 33.7 Å². The van der Waals surface area contributed by atoms with Gasteiger partial charge in [-0.1, -0.05) is 59.6 Å². The number of anilines is 1. The van der Waals surface area contributed by atoms with Crippen LogP contribution in [0.15, 0.2) is 46.9 Å². The monoisotopic (exact) mass is 390 g/mol. The van der Waals surface area contributed by atoms with E-state index in [1.807, 2.05) is 24.3 Å². The van der Waals surface area contributed by atoms with Crippen LogP contribution in [0.1, 0.15) is 36.6 Å². The van der Waals surface area contributed by atoms with Crippen LogP contribution in [0.4, 0.5) is 5.69 Å². The minimum Gasteiger partial charge on any atom is -0.355 e. The standard InChI is InChI=1S/C19H23BrN2S/c1-12(2)18(17-9-8-13(3)10-14(17)4)22-19(23)21-16-7-5-6-15(20)11-16/h5-12,18H,1-4H3,(H2,21,22,23)/t18-/m0/s1. The van der Waals surface area contributed by atoms with Crippen molar-refractivity contribution in [3.05, 3.63) is 63.6 Å². The fourth-order valence-corrected chi connectivity index (χ4v) is 3.30. The predicted octanol–water partition coefficient (Wildman–Crippen LogP) is 5.75. The second-order valence-corrected chi connectivity index (χ2v) is 7.51. The molecule has 0 aliphatic rings. The van der Waals surface area contributed by atoms with Gasteiger partial charge in [0.15, 0.2) is 5.11 Å². The van der Waals surface area contributed by atoms with Crippen LogP contribution in [0, 0.1) is 19.8 Å². The Morgan fingerprint density at radius 1 is 1.09 bits per heavy atom. The van der Waals surface area contributed by atoms with Gasteiger partial charge in [0.2, 0.25) is 0 Å². The molecule has 4 heteroatoms. The molecule has 23 heavy (non-hydrogen) atoms. The van der Waals surface area contributed by atoms with Crippen LogP contribution in [0.5, 0.6) is 0 Å². The molecule has 0 aromatic heterocycles. The van der Waals surface area contributed by atoms with Crippen molar-refractivity contribution in [1.82, 2.24) is 5.32 Å². The molecule has 2 aromatic rings. The molecule has 1 atom stereocenters. The Labute approximate surface area is 152 Å². The van der Waals surface area contributed by atoms with Crippen LogP contribution < -0.4 is 10.6 Å². The Balaban J connectivity index is 2.14. The summed E-state index contributed by atoms with van der Waals surface area (Å²) in [4.78, 5) is 0. The fourth-order valence-electron chi connectivity index (χ4n) is 2.65.